The number of hydrogen-bond donors (Lipinski definition) is 1. The van der Waals surface area contributed by atoms with Crippen molar-refractivity contribution in [3.63, 3.8) is 0 Å². The average molecular weight is 265 g/mol. The van der Waals surface area contributed by atoms with E-state index in [-0.39, 0.29) is 5.57 Å². The van der Waals surface area contributed by atoms with Gasteiger partial charge in [0.05, 0.1) is 13.2 Å². The van der Waals surface area contributed by atoms with Gasteiger partial charge in [-0.15, -0.1) is 0 Å². The molecule has 17 heavy (non-hydrogen) atoms. The number of carboxylic acid groups (broad SMARTS) is 1. The SMILES string of the molecule is C=C(CCOCCCCCOC(=O)Cl)C(=O)O. The van der Waals surface area contributed by atoms with Gasteiger partial charge < -0.3 is 14.6 Å². The zero-order chi connectivity index (χ0) is 13.1. The Balaban J connectivity index is 3.16. The minimum atomic E-state index is -0.989. The smallest absolute Gasteiger partial charge is 0.403 e. The number of halogens is 1. The molecule has 0 atom stereocenters. The summed E-state index contributed by atoms with van der Waals surface area (Å²) in [6, 6.07) is 0. The molecule has 0 saturated heterocycles. The van der Waals surface area contributed by atoms with E-state index in [2.05, 4.69) is 11.3 Å². The quantitative estimate of drug-likeness (QED) is 0.373. The number of rotatable bonds is 10. The van der Waals surface area contributed by atoms with Crippen LogP contribution in [0.15, 0.2) is 12.2 Å². The lowest BCUT2D eigenvalue weighted by Crippen LogP contribution is -2.04. The largest absolute Gasteiger partial charge is 0.478 e. The topological polar surface area (TPSA) is 72.8 Å². The van der Waals surface area contributed by atoms with E-state index >= 15 is 0 Å². The number of carbonyl (C=O) groups is 2. The third-order valence-electron chi connectivity index (χ3n) is 2.00. The van der Waals surface area contributed by atoms with Crippen LogP contribution in [-0.4, -0.2) is 36.3 Å². The predicted octanol–water partition coefficient (Wildman–Crippen LogP) is 2.58. The van der Waals surface area contributed by atoms with Crippen LogP contribution < -0.4 is 0 Å². The molecular formula is C11H17ClO5. The maximum atomic E-state index is 10.4. The summed E-state index contributed by atoms with van der Waals surface area (Å²) in [6.07, 6.45) is 2.77. The Bertz CT molecular complexity index is 265. The summed E-state index contributed by atoms with van der Waals surface area (Å²) in [5, 5.41) is 8.52. The van der Waals surface area contributed by atoms with Crippen molar-refractivity contribution in [2.45, 2.75) is 25.7 Å². The van der Waals surface area contributed by atoms with E-state index in [0.29, 0.717) is 26.2 Å². The third kappa shape index (κ3) is 11.2. The first-order chi connectivity index (χ1) is 8.04. The molecule has 0 aromatic carbocycles. The van der Waals surface area contributed by atoms with Gasteiger partial charge in [-0.3, -0.25) is 0 Å². The van der Waals surface area contributed by atoms with Crippen LogP contribution in [0, 0.1) is 0 Å². The number of hydrogen-bond acceptors (Lipinski definition) is 4. The average Bonchev–Trinajstić information content (AvgIpc) is 2.25. The molecule has 0 bridgehead atoms. The Labute approximate surface area is 105 Å². The molecule has 0 unspecified atom stereocenters. The molecule has 0 heterocycles. The molecule has 0 aliphatic heterocycles. The fraction of sp³-hybridized carbons (Fsp3) is 0.636. The Kier molecular flexibility index (Phi) is 9.47. The summed E-state index contributed by atoms with van der Waals surface area (Å²) < 4.78 is 9.76. The van der Waals surface area contributed by atoms with Crippen LogP contribution in [0.3, 0.4) is 0 Å². The predicted molar refractivity (Wildman–Crippen MR) is 63.3 cm³/mol. The molecule has 6 heteroatoms. The molecular weight excluding hydrogens is 248 g/mol. The summed E-state index contributed by atoms with van der Waals surface area (Å²) in [5.74, 6) is -0.989. The highest BCUT2D eigenvalue weighted by atomic mass is 35.5. The maximum Gasteiger partial charge on any atom is 0.403 e. The highest BCUT2D eigenvalue weighted by Crippen LogP contribution is 2.01. The molecule has 0 rings (SSSR count). The van der Waals surface area contributed by atoms with Gasteiger partial charge in [-0.05, 0) is 19.3 Å². The van der Waals surface area contributed by atoms with Gasteiger partial charge in [0.15, 0.2) is 0 Å². The molecule has 0 saturated carbocycles. The van der Waals surface area contributed by atoms with E-state index in [4.69, 9.17) is 21.4 Å². The van der Waals surface area contributed by atoms with Gasteiger partial charge >= 0.3 is 11.4 Å². The van der Waals surface area contributed by atoms with E-state index < -0.39 is 11.4 Å². The van der Waals surface area contributed by atoms with E-state index in [1.807, 2.05) is 0 Å². The van der Waals surface area contributed by atoms with Gasteiger partial charge in [0, 0.05) is 30.2 Å². The Morgan fingerprint density at radius 1 is 1.12 bits per heavy atom. The van der Waals surface area contributed by atoms with Crippen molar-refractivity contribution in [1.82, 2.24) is 0 Å². The van der Waals surface area contributed by atoms with Crippen LogP contribution in [0.2, 0.25) is 0 Å². The Hall–Kier alpha value is -1.07. The molecule has 5 nitrogen and oxygen atoms in total. The monoisotopic (exact) mass is 264 g/mol. The van der Waals surface area contributed by atoms with Gasteiger partial charge in [-0.2, -0.15) is 0 Å². The molecule has 0 aliphatic rings. The van der Waals surface area contributed by atoms with Crippen molar-refractivity contribution in [2.75, 3.05) is 19.8 Å². The molecule has 0 aromatic rings. The van der Waals surface area contributed by atoms with Crippen molar-refractivity contribution >= 4 is 23.0 Å². The van der Waals surface area contributed by atoms with Crippen LogP contribution in [0.4, 0.5) is 4.79 Å². The zero-order valence-corrected chi connectivity index (χ0v) is 10.4. The van der Waals surface area contributed by atoms with Gasteiger partial charge in [-0.1, -0.05) is 6.58 Å². The second-order valence-corrected chi connectivity index (χ2v) is 3.73. The lowest BCUT2D eigenvalue weighted by Gasteiger charge is -2.04. The number of carbonyl (C=O) groups excluding carboxylic acids is 1. The first-order valence-corrected chi connectivity index (χ1v) is 5.73. The zero-order valence-electron chi connectivity index (χ0n) is 9.62. The summed E-state index contributed by atoms with van der Waals surface area (Å²) in [7, 11) is 0. The second kappa shape index (κ2) is 10.1. The van der Waals surface area contributed by atoms with Crippen LogP contribution >= 0.6 is 11.6 Å². The van der Waals surface area contributed by atoms with E-state index in [1.165, 1.54) is 0 Å². The molecule has 98 valence electrons. The van der Waals surface area contributed by atoms with E-state index in [0.717, 1.165) is 19.3 Å². The minimum absolute atomic E-state index is 0.152. The van der Waals surface area contributed by atoms with Gasteiger partial charge in [0.2, 0.25) is 0 Å². The van der Waals surface area contributed by atoms with Crippen molar-refractivity contribution in [1.29, 1.82) is 0 Å². The first kappa shape index (κ1) is 15.9. The second-order valence-electron chi connectivity index (χ2n) is 3.42. The standard InChI is InChI=1S/C11H17ClO5/c1-9(10(13)14)5-8-16-6-3-2-4-7-17-11(12)15/h1-8H2,(H,13,14). The minimum Gasteiger partial charge on any atom is -0.478 e. The molecule has 0 aliphatic carbocycles. The lowest BCUT2D eigenvalue weighted by molar-refractivity contribution is -0.132. The summed E-state index contributed by atoms with van der Waals surface area (Å²) in [5.41, 5.74) is -0.632. The highest BCUT2D eigenvalue weighted by molar-refractivity contribution is 6.61. The van der Waals surface area contributed by atoms with Gasteiger partial charge in [0.25, 0.3) is 0 Å². The number of unbranched alkanes of at least 4 members (excludes halogenated alkanes) is 2. The van der Waals surface area contributed by atoms with Crippen molar-refractivity contribution < 1.29 is 24.2 Å². The Morgan fingerprint density at radius 2 is 1.76 bits per heavy atom. The first-order valence-electron chi connectivity index (χ1n) is 5.35. The van der Waals surface area contributed by atoms with Crippen molar-refractivity contribution in [2.24, 2.45) is 0 Å². The highest BCUT2D eigenvalue weighted by Gasteiger charge is 2.02. The molecule has 0 fully saturated rings. The summed E-state index contributed by atoms with van der Waals surface area (Å²) >= 11 is 4.97. The van der Waals surface area contributed by atoms with Crippen molar-refractivity contribution in [3.8, 4) is 0 Å². The molecule has 0 spiro atoms. The van der Waals surface area contributed by atoms with Crippen LogP contribution in [0.5, 0.6) is 0 Å². The maximum absolute atomic E-state index is 10.4. The fourth-order valence-corrected chi connectivity index (χ4v) is 1.12. The van der Waals surface area contributed by atoms with E-state index in [9.17, 15) is 9.59 Å². The lowest BCUT2D eigenvalue weighted by atomic mass is 10.2. The van der Waals surface area contributed by atoms with Gasteiger partial charge in [0.1, 0.15) is 0 Å². The van der Waals surface area contributed by atoms with Crippen LogP contribution in [-0.2, 0) is 14.3 Å². The van der Waals surface area contributed by atoms with Gasteiger partial charge in [-0.25, -0.2) is 9.59 Å². The molecule has 0 amide bonds. The summed E-state index contributed by atoms with van der Waals surface area (Å²) in [6.45, 7) is 4.63. The van der Waals surface area contributed by atoms with E-state index in [1.54, 1.807) is 0 Å². The summed E-state index contributed by atoms with van der Waals surface area (Å²) in [4.78, 5) is 20.6. The van der Waals surface area contributed by atoms with Crippen LogP contribution in [0.25, 0.3) is 0 Å². The molecule has 1 N–H and O–H groups in total. The number of aliphatic carboxylic acids is 1. The molecule has 0 aromatic heterocycles. The normalized spacial score (nSPS) is 9.94. The molecule has 0 radical (unpaired) electrons. The number of ether oxygens (including phenoxy) is 2. The van der Waals surface area contributed by atoms with Crippen molar-refractivity contribution in [3.05, 3.63) is 12.2 Å². The Morgan fingerprint density at radius 3 is 2.35 bits per heavy atom. The third-order valence-corrected chi connectivity index (χ3v) is 2.11. The number of carboxylic acids is 1. The van der Waals surface area contributed by atoms with Crippen LogP contribution in [0.1, 0.15) is 25.7 Å². The fourth-order valence-electron chi connectivity index (χ4n) is 1.04.